The molecule has 2 aromatic carbocycles. The van der Waals surface area contributed by atoms with E-state index in [1.165, 1.54) is 0 Å². The molecule has 0 aliphatic carbocycles. The standard InChI is InChI=1S/C21H20N2O3/c24-18(14-15-8-2-1-3-9-15)22-19-16-10-4-5-11-17(16)26-20(19)21(25)23-12-6-7-13-23/h1-5,8-11H,6-7,12-14H2,(H,22,24). The molecular weight excluding hydrogens is 328 g/mol. The fourth-order valence-electron chi connectivity index (χ4n) is 3.35. The number of furan rings is 1. The van der Waals surface area contributed by atoms with E-state index >= 15 is 0 Å². The number of hydrogen-bond acceptors (Lipinski definition) is 3. The molecule has 0 radical (unpaired) electrons. The predicted octanol–water partition coefficient (Wildman–Crippen LogP) is 3.85. The third-order valence-corrected chi connectivity index (χ3v) is 4.65. The Kier molecular flexibility index (Phi) is 4.44. The van der Waals surface area contributed by atoms with Crippen molar-refractivity contribution in [3.8, 4) is 0 Å². The van der Waals surface area contributed by atoms with Crippen LogP contribution in [0.5, 0.6) is 0 Å². The second kappa shape index (κ2) is 7.04. The van der Waals surface area contributed by atoms with Crippen LogP contribution in [-0.4, -0.2) is 29.8 Å². The number of benzene rings is 2. The van der Waals surface area contributed by atoms with Gasteiger partial charge in [-0.2, -0.15) is 0 Å². The van der Waals surface area contributed by atoms with Crippen LogP contribution in [0, 0.1) is 0 Å². The van der Waals surface area contributed by atoms with E-state index in [0.29, 0.717) is 11.3 Å². The molecule has 1 aromatic heterocycles. The van der Waals surface area contributed by atoms with E-state index in [1.54, 1.807) is 4.90 Å². The van der Waals surface area contributed by atoms with Gasteiger partial charge in [-0.15, -0.1) is 0 Å². The van der Waals surface area contributed by atoms with Crippen molar-refractivity contribution in [2.24, 2.45) is 0 Å². The number of rotatable bonds is 4. The van der Waals surface area contributed by atoms with Gasteiger partial charge in [0.05, 0.1) is 6.42 Å². The normalized spacial score (nSPS) is 13.9. The van der Waals surface area contributed by atoms with Gasteiger partial charge in [-0.3, -0.25) is 9.59 Å². The van der Waals surface area contributed by atoms with Crippen LogP contribution in [0.25, 0.3) is 11.0 Å². The highest BCUT2D eigenvalue weighted by Crippen LogP contribution is 2.32. The molecule has 132 valence electrons. The molecule has 0 unspecified atom stereocenters. The van der Waals surface area contributed by atoms with E-state index in [-0.39, 0.29) is 24.0 Å². The first-order valence-electron chi connectivity index (χ1n) is 8.87. The average molecular weight is 348 g/mol. The Morgan fingerprint density at radius 2 is 1.65 bits per heavy atom. The maximum absolute atomic E-state index is 12.9. The van der Waals surface area contributed by atoms with Crippen molar-refractivity contribution in [2.75, 3.05) is 18.4 Å². The van der Waals surface area contributed by atoms with Crippen LogP contribution >= 0.6 is 0 Å². The van der Waals surface area contributed by atoms with E-state index in [2.05, 4.69) is 5.32 Å². The topological polar surface area (TPSA) is 62.6 Å². The van der Waals surface area contributed by atoms with Gasteiger partial charge in [0.1, 0.15) is 11.3 Å². The Morgan fingerprint density at radius 3 is 2.42 bits per heavy atom. The van der Waals surface area contributed by atoms with Crippen LogP contribution in [0.15, 0.2) is 59.0 Å². The summed E-state index contributed by atoms with van der Waals surface area (Å²) in [5.41, 5.74) is 1.99. The highest BCUT2D eigenvalue weighted by Gasteiger charge is 2.27. The third kappa shape index (κ3) is 3.20. The summed E-state index contributed by atoms with van der Waals surface area (Å²) in [6.07, 6.45) is 2.25. The minimum absolute atomic E-state index is 0.159. The second-order valence-corrected chi connectivity index (χ2v) is 6.51. The van der Waals surface area contributed by atoms with Crippen molar-refractivity contribution in [1.29, 1.82) is 0 Å². The molecule has 5 nitrogen and oxygen atoms in total. The lowest BCUT2D eigenvalue weighted by Crippen LogP contribution is -2.28. The number of anilines is 1. The summed E-state index contributed by atoms with van der Waals surface area (Å²) in [5, 5.41) is 3.65. The number of carbonyl (C=O) groups is 2. The van der Waals surface area contributed by atoms with Gasteiger partial charge in [0.2, 0.25) is 11.7 Å². The lowest BCUT2D eigenvalue weighted by molar-refractivity contribution is -0.115. The summed E-state index contributed by atoms with van der Waals surface area (Å²) >= 11 is 0. The number of amides is 2. The summed E-state index contributed by atoms with van der Waals surface area (Å²) in [6.45, 7) is 1.46. The molecule has 0 saturated carbocycles. The van der Waals surface area contributed by atoms with Crippen LogP contribution in [0.2, 0.25) is 0 Å². The molecule has 26 heavy (non-hydrogen) atoms. The van der Waals surface area contributed by atoms with Crippen LogP contribution < -0.4 is 5.32 Å². The molecule has 1 fully saturated rings. The van der Waals surface area contributed by atoms with Crippen LogP contribution in [-0.2, 0) is 11.2 Å². The van der Waals surface area contributed by atoms with Crippen molar-refractivity contribution >= 4 is 28.5 Å². The average Bonchev–Trinajstić information content (AvgIpc) is 3.31. The van der Waals surface area contributed by atoms with Crippen molar-refractivity contribution in [2.45, 2.75) is 19.3 Å². The number of nitrogens with zero attached hydrogens (tertiary/aromatic N) is 1. The lowest BCUT2D eigenvalue weighted by Gasteiger charge is -2.14. The highest BCUT2D eigenvalue weighted by atomic mass is 16.3. The lowest BCUT2D eigenvalue weighted by atomic mass is 10.1. The number of carbonyl (C=O) groups excluding carboxylic acids is 2. The number of nitrogens with one attached hydrogen (secondary N) is 1. The smallest absolute Gasteiger partial charge is 0.291 e. The third-order valence-electron chi connectivity index (χ3n) is 4.65. The Morgan fingerprint density at radius 1 is 0.962 bits per heavy atom. The zero-order valence-corrected chi connectivity index (χ0v) is 14.4. The summed E-state index contributed by atoms with van der Waals surface area (Å²) in [6, 6.07) is 16.9. The molecule has 1 aliphatic heterocycles. The molecule has 1 N–H and O–H groups in total. The summed E-state index contributed by atoms with van der Waals surface area (Å²) in [5.74, 6) is -0.110. The number of likely N-dealkylation sites (tertiary alicyclic amines) is 1. The second-order valence-electron chi connectivity index (χ2n) is 6.51. The fourth-order valence-corrected chi connectivity index (χ4v) is 3.35. The maximum Gasteiger partial charge on any atom is 0.291 e. The van der Waals surface area contributed by atoms with Crippen molar-refractivity contribution in [1.82, 2.24) is 4.90 Å². The van der Waals surface area contributed by atoms with Gasteiger partial charge in [0.15, 0.2) is 0 Å². The molecule has 5 heteroatoms. The minimum Gasteiger partial charge on any atom is -0.449 e. The Hall–Kier alpha value is -3.08. The van der Waals surface area contributed by atoms with E-state index in [1.807, 2.05) is 54.6 Å². The van der Waals surface area contributed by atoms with Crippen molar-refractivity contribution in [3.05, 3.63) is 65.9 Å². The van der Waals surface area contributed by atoms with Gasteiger partial charge in [0, 0.05) is 18.5 Å². The molecule has 1 aliphatic rings. The van der Waals surface area contributed by atoms with Crippen LogP contribution in [0.1, 0.15) is 29.0 Å². The van der Waals surface area contributed by atoms with E-state index in [9.17, 15) is 9.59 Å². The van der Waals surface area contributed by atoms with Gasteiger partial charge in [-0.25, -0.2) is 0 Å². The number of para-hydroxylation sites is 1. The molecule has 1 saturated heterocycles. The molecule has 0 spiro atoms. The SMILES string of the molecule is O=C(Cc1ccccc1)Nc1c(C(=O)N2CCCC2)oc2ccccc12. The molecule has 2 amide bonds. The van der Waals surface area contributed by atoms with Crippen molar-refractivity contribution in [3.63, 3.8) is 0 Å². The Bertz CT molecular complexity index is 940. The Labute approximate surface area is 151 Å². The molecule has 0 bridgehead atoms. The molecule has 4 rings (SSSR count). The number of hydrogen-bond donors (Lipinski definition) is 1. The van der Waals surface area contributed by atoms with Crippen LogP contribution in [0.4, 0.5) is 5.69 Å². The monoisotopic (exact) mass is 348 g/mol. The van der Waals surface area contributed by atoms with E-state index in [0.717, 1.165) is 36.9 Å². The predicted molar refractivity (Wildman–Crippen MR) is 100 cm³/mol. The maximum atomic E-state index is 12.9. The van der Waals surface area contributed by atoms with Crippen LogP contribution in [0.3, 0.4) is 0 Å². The van der Waals surface area contributed by atoms with Gasteiger partial charge < -0.3 is 14.6 Å². The molecular formula is C21H20N2O3. The quantitative estimate of drug-likeness (QED) is 0.779. The fraction of sp³-hybridized carbons (Fsp3) is 0.238. The largest absolute Gasteiger partial charge is 0.449 e. The van der Waals surface area contributed by atoms with Gasteiger partial charge >= 0.3 is 0 Å². The minimum atomic E-state index is -0.168. The molecule has 2 heterocycles. The summed E-state index contributed by atoms with van der Waals surface area (Å²) in [7, 11) is 0. The van der Waals surface area contributed by atoms with E-state index in [4.69, 9.17) is 4.42 Å². The highest BCUT2D eigenvalue weighted by molar-refractivity contribution is 6.11. The zero-order chi connectivity index (χ0) is 17.9. The molecule has 0 atom stereocenters. The number of fused-ring (bicyclic) bond motifs is 1. The van der Waals surface area contributed by atoms with Gasteiger partial charge in [0.25, 0.3) is 5.91 Å². The van der Waals surface area contributed by atoms with Crippen molar-refractivity contribution < 1.29 is 14.0 Å². The first-order chi connectivity index (χ1) is 12.7. The summed E-state index contributed by atoms with van der Waals surface area (Å²) < 4.78 is 5.82. The summed E-state index contributed by atoms with van der Waals surface area (Å²) in [4.78, 5) is 27.2. The first-order valence-corrected chi connectivity index (χ1v) is 8.87. The van der Waals surface area contributed by atoms with Gasteiger partial charge in [-0.05, 0) is 30.5 Å². The van der Waals surface area contributed by atoms with Gasteiger partial charge in [-0.1, -0.05) is 42.5 Å². The zero-order valence-electron chi connectivity index (χ0n) is 14.4. The Balaban J connectivity index is 1.65. The molecule has 3 aromatic rings. The first kappa shape index (κ1) is 16.4. The van der Waals surface area contributed by atoms with E-state index < -0.39 is 0 Å².